The second kappa shape index (κ2) is 9.53. The Kier molecular flexibility index (Phi) is 8.06. The normalized spacial score (nSPS) is 17.3. The summed E-state index contributed by atoms with van der Waals surface area (Å²) >= 11 is 0. The van der Waals surface area contributed by atoms with Crippen molar-refractivity contribution in [1.82, 2.24) is 15.5 Å². The lowest BCUT2D eigenvalue weighted by Gasteiger charge is -2.34. The number of nitrogens with zero attached hydrogens (tertiary/aromatic N) is 1. The maximum absolute atomic E-state index is 12.1. The topological polar surface area (TPSA) is 61.4 Å². The largest absolute Gasteiger partial charge is 0.347 e. The van der Waals surface area contributed by atoms with Gasteiger partial charge in [0.25, 0.3) is 0 Å². The lowest BCUT2D eigenvalue weighted by molar-refractivity contribution is -0.135. The van der Waals surface area contributed by atoms with Crippen molar-refractivity contribution in [3.8, 4) is 0 Å². The van der Waals surface area contributed by atoms with Crippen LogP contribution < -0.4 is 10.6 Å². The molecule has 2 rings (SSSR count). The molecule has 2 amide bonds. The maximum Gasteiger partial charge on any atom is 0.242 e. The summed E-state index contributed by atoms with van der Waals surface area (Å²) in [5.41, 5.74) is 2.35. The van der Waals surface area contributed by atoms with E-state index in [4.69, 9.17) is 0 Å². The Morgan fingerprint density at radius 2 is 2.00 bits per heavy atom. The van der Waals surface area contributed by atoms with Crippen LogP contribution in [-0.2, 0) is 16.0 Å². The van der Waals surface area contributed by atoms with Crippen molar-refractivity contribution < 1.29 is 9.59 Å². The Morgan fingerprint density at radius 3 is 2.65 bits per heavy atom. The number of hydrogen-bond donors (Lipinski definition) is 2. The molecule has 5 nitrogen and oxygen atoms in total. The van der Waals surface area contributed by atoms with Crippen LogP contribution in [0.1, 0.15) is 24.5 Å². The zero-order chi connectivity index (χ0) is 15.9. The van der Waals surface area contributed by atoms with Crippen LogP contribution in [0.3, 0.4) is 0 Å². The van der Waals surface area contributed by atoms with E-state index in [1.807, 2.05) is 43.0 Å². The number of piperazine rings is 1. The van der Waals surface area contributed by atoms with E-state index >= 15 is 0 Å². The van der Waals surface area contributed by atoms with Crippen molar-refractivity contribution in [2.24, 2.45) is 0 Å². The highest BCUT2D eigenvalue weighted by atomic mass is 35.5. The van der Waals surface area contributed by atoms with Gasteiger partial charge in [-0.15, -0.1) is 12.4 Å². The summed E-state index contributed by atoms with van der Waals surface area (Å²) < 4.78 is 0. The van der Waals surface area contributed by atoms with Gasteiger partial charge in [0.15, 0.2) is 0 Å². The molecule has 1 unspecified atom stereocenters. The van der Waals surface area contributed by atoms with Crippen LogP contribution in [0.15, 0.2) is 24.3 Å². The summed E-state index contributed by atoms with van der Waals surface area (Å²) in [7, 11) is 0. The highest BCUT2D eigenvalue weighted by Gasteiger charge is 2.22. The fourth-order valence-electron chi connectivity index (χ4n) is 2.59. The van der Waals surface area contributed by atoms with E-state index in [0.717, 1.165) is 18.7 Å². The number of rotatable bonds is 5. The third-order valence-electron chi connectivity index (χ3n) is 4.02. The number of nitrogens with one attached hydrogen (secondary N) is 2. The lowest BCUT2D eigenvalue weighted by atomic mass is 10.1. The first-order valence-corrected chi connectivity index (χ1v) is 7.88. The molecule has 1 aromatic rings. The minimum atomic E-state index is -0.0725. The SMILES string of the molecule is Cc1ccc(CCC(=O)NCC(=O)N2CCNCC2C)cc1.Cl. The van der Waals surface area contributed by atoms with Gasteiger partial charge in [0.2, 0.25) is 11.8 Å². The molecule has 0 radical (unpaired) electrons. The molecule has 0 aliphatic carbocycles. The number of hydrogen-bond acceptors (Lipinski definition) is 3. The number of carbonyl (C=O) groups is 2. The molecular formula is C17H26ClN3O2. The van der Waals surface area contributed by atoms with Crippen molar-refractivity contribution in [2.75, 3.05) is 26.2 Å². The molecule has 1 saturated heterocycles. The van der Waals surface area contributed by atoms with Gasteiger partial charge < -0.3 is 15.5 Å². The van der Waals surface area contributed by atoms with Crippen molar-refractivity contribution in [2.45, 2.75) is 32.7 Å². The summed E-state index contributed by atoms with van der Waals surface area (Å²) in [5, 5.41) is 5.98. The summed E-state index contributed by atoms with van der Waals surface area (Å²) in [6.45, 7) is 6.49. The molecule has 1 aliphatic heterocycles. The molecular weight excluding hydrogens is 314 g/mol. The molecule has 1 fully saturated rings. The Bertz CT molecular complexity index is 519. The summed E-state index contributed by atoms with van der Waals surface area (Å²) in [6, 6.07) is 8.35. The second-order valence-electron chi connectivity index (χ2n) is 5.90. The third-order valence-corrected chi connectivity index (χ3v) is 4.02. The Hall–Kier alpha value is -1.59. The van der Waals surface area contributed by atoms with E-state index in [1.165, 1.54) is 5.56 Å². The van der Waals surface area contributed by atoms with Gasteiger partial charge in [-0.05, 0) is 25.8 Å². The van der Waals surface area contributed by atoms with E-state index in [2.05, 4.69) is 10.6 Å². The first kappa shape index (κ1) is 19.5. The zero-order valence-corrected chi connectivity index (χ0v) is 14.6. The van der Waals surface area contributed by atoms with Crippen LogP contribution in [0, 0.1) is 6.92 Å². The van der Waals surface area contributed by atoms with Gasteiger partial charge in [-0.25, -0.2) is 0 Å². The van der Waals surface area contributed by atoms with Crippen LogP contribution in [0.5, 0.6) is 0 Å². The highest BCUT2D eigenvalue weighted by molar-refractivity contribution is 5.85. The standard InChI is InChI=1S/C17H25N3O2.ClH/c1-13-3-5-15(6-4-13)7-8-16(21)19-12-17(22)20-10-9-18-11-14(20)2;/h3-6,14,18H,7-12H2,1-2H3,(H,19,21);1H. The molecule has 0 spiro atoms. The summed E-state index contributed by atoms with van der Waals surface area (Å²) in [5.74, 6) is -0.0746. The molecule has 0 bridgehead atoms. The predicted octanol–water partition coefficient (Wildman–Crippen LogP) is 1.29. The lowest BCUT2D eigenvalue weighted by Crippen LogP contribution is -2.54. The molecule has 2 N–H and O–H groups in total. The molecule has 0 saturated carbocycles. The number of halogens is 1. The monoisotopic (exact) mass is 339 g/mol. The molecule has 128 valence electrons. The van der Waals surface area contributed by atoms with Gasteiger partial charge >= 0.3 is 0 Å². The van der Waals surface area contributed by atoms with Crippen molar-refractivity contribution in [3.05, 3.63) is 35.4 Å². The van der Waals surface area contributed by atoms with Crippen LogP contribution >= 0.6 is 12.4 Å². The number of aryl methyl sites for hydroxylation is 2. The molecule has 1 atom stereocenters. The minimum absolute atomic E-state index is 0. The Labute approximate surface area is 144 Å². The maximum atomic E-state index is 12.1. The van der Waals surface area contributed by atoms with Gasteiger partial charge in [-0.3, -0.25) is 9.59 Å². The van der Waals surface area contributed by atoms with Gasteiger partial charge in [-0.1, -0.05) is 29.8 Å². The average Bonchev–Trinajstić information content (AvgIpc) is 2.52. The summed E-state index contributed by atoms with van der Waals surface area (Å²) in [6.07, 6.45) is 1.11. The minimum Gasteiger partial charge on any atom is -0.347 e. The van der Waals surface area contributed by atoms with Crippen molar-refractivity contribution in [1.29, 1.82) is 0 Å². The molecule has 0 aromatic heterocycles. The second-order valence-corrected chi connectivity index (χ2v) is 5.90. The van der Waals surface area contributed by atoms with E-state index in [0.29, 0.717) is 19.4 Å². The number of carbonyl (C=O) groups excluding carboxylic acids is 2. The van der Waals surface area contributed by atoms with Crippen LogP contribution in [0.2, 0.25) is 0 Å². The zero-order valence-electron chi connectivity index (χ0n) is 13.8. The fraction of sp³-hybridized carbons (Fsp3) is 0.529. The smallest absolute Gasteiger partial charge is 0.242 e. The van der Waals surface area contributed by atoms with Crippen molar-refractivity contribution >= 4 is 24.2 Å². The first-order valence-electron chi connectivity index (χ1n) is 7.88. The number of benzene rings is 1. The molecule has 1 aromatic carbocycles. The number of amides is 2. The van der Waals surface area contributed by atoms with Crippen molar-refractivity contribution in [3.63, 3.8) is 0 Å². The predicted molar refractivity (Wildman–Crippen MR) is 93.8 cm³/mol. The molecule has 23 heavy (non-hydrogen) atoms. The van der Waals surface area contributed by atoms with Gasteiger partial charge in [0.1, 0.15) is 0 Å². The molecule has 1 heterocycles. The van der Waals surface area contributed by atoms with Crippen LogP contribution in [0.25, 0.3) is 0 Å². The first-order chi connectivity index (χ1) is 10.6. The van der Waals surface area contributed by atoms with E-state index < -0.39 is 0 Å². The van der Waals surface area contributed by atoms with E-state index in [9.17, 15) is 9.59 Å². The molecule has 1 aliphatic rings. The highest BCUT2D eigenvalue weighted by Crippen LogP contribution is 2.06. The van der Waals surface area contributed by atoms with Crippen LogP contribution in [0.4, 0.5) is 0 Å². The third kappa shape index (κ3) is 6.20. The van der Waals surface area contributed by atoms with Gasteiger partial charge in [-0.2, -0.15) is 0 Å². The van der Waals surface area contributed by atoms with E-state index in [1.54, 1.807) is 0 Å². The van der Waals surface area contributed by atoms with Gasteiger partial charge in [0, 0.05) is 32.1 Å². The quantitative estimate of drug-likeness (QED) is 0.849. The summed E-state index contributed by atoms with van der Waals surface area (Å²) in [4.78, 5) is 25.8. The van der Waals surface area contributed by atoms with Crippen LogP contribution in [-0.4, -0.2) is 48.9 Å². The fourth-order valence-corrected chi connectivity index (χ4v) is 2.59. The Balaban J connectivity index is 0.00000264. The van der Waals surface area contributed by atoms with E-state index in [-0.39, 0.29) is 36.8 Å². The molecule has 6 heteroatoms. The van der Waals surface area contributed by atoms with Gasteiger partial charge in [0.05, 0.1) is 6.54 Å². The average molecular weight is 340 g/mol. The Morgan fingerprint density at radius 1 is 1.30 bits per heavy atom.